The minimum Gasteiger partial charge on any atom is -0.386 e. The highest BCUT2D eigenvalue weighted by atomic mass is 35.5. The van der Waals surface area contributed by atoms with Gasteiger partial charge in [-0.2, -0.15) is 0 Å². The maximum absolute atomic E-state index is 13.7. The Labute approximate surface area is 156 Å². The molecule has 8 heteroatoms. The van der Waals surface area contributed by atoms with Crippen LogP contribution >= 0.6 is 23.2 Å². The average molecular weight is 387 g/mol. The molecule has 136 valence electrons. The number of aromatic nitrogens is 1. The molecule has 1 aromatic carbocycles. The summed E-state index contributed by atoms with van der Waals surface area (Å²) in [4.78, 5) is 4.44. The van der Waals surface area contributed by atoms with Gasteiger partial charge in [-0.05, 0) is 19.1 Å². The molecule has 0 fully saturated rings. The smallest absolute Gasteiger partial charge is 0.191 e. The topological polar surface area (TPSA) is 61.6 Å². The van der Waals surface area contributed by atoms with Gasteiger partial charge >= 0.3 is 0 Å². The van der Waals surface area contributed by atoms with Crippen molar-refractivity contribution in [1.82, 2.24) is 15.2 Å². The van der Waals surface area contributed by atoms with E-state index in [9.17, 15) is 9.50 Å². The molecule has 1 unspecified atom stereocenters. The van der Waals surface area contributed by atoms with E-state index in [-0.39, 0.29) is 12.1 Å². The summed E-state index contributed by atoms with van der Waals surface area (Å²) < 4.78 is 15.5. The Balaban J connectivity index is 2.02. The fourth-order valence-corrected chi connectivity index (χ4v) is 2.71. The van der Waals surface area contributed by atoms with Crippen molar-refractivity contribution in [3.8, 4) is 0 Å². The van der Waals surface area contributed by atoms with Gasteiger partial charge in [0.25, 0.3) is 0 Å². The lowest BCUT2D eigenvalue weighted by molar-refractivity contribution is 0.176. The molecule has 0 saturated carbocycles. The van der Waals surface area contributed by atoms with Crippen LogP contribution in [0, 0.1) is 5.82 Å². The van der Waals surface area contributed by atoms with Crippen LogP contribution in [0.3, 0.4) is 0 Å². The Bertz CT molecular complexity index is 748. The van der Waals surface area contributed by atoms with Crippen LogP contribution in [0.1, 0.15) is 24.3 Å². The molecule has 0 spiro atoms. The van der Waals surface area contributed by atoms with Crippen LogP contribution in [-0.4, -0.2) is 28.7 Å². The highest BCUT2D eigenvalue weighted by Gasteiger charge is 2.13. The lowest BCUT2D eigenvalue weighted by Crippen LogP contribution is -2.39. The van der Waals surface area contributed by atoms with Gasteiger partial charge in [0.05, 0.1) is 17.7 Å². The molecule has 1 atom stereocenters. The standard InChI is InChI=1S/C17H21Cl2FN4O/c1-3-21-17(22-9-11-8-13(18)16(19)24(11)2)23-10-15(25)12-6-4-5-7-14(12)20/h4-8,15,25H,3,9-10H2,1-2H3,(H2,21,22,23). The van der Waals surface area contributed by atoms with Gasteiger partial charge in [0.1, 0.15) is 11.0 Å². The van der Waals surface area contributed by atoms with E-state index in [1.54, 1.807) is 35.9 Å². The number of guanidine groups is 1. The Morgan fingerprint density at radius 2 is 2.04 bits per heavy atom. The molecule has 5 nitrogen and oxygen atoms in total. The molecule has 0 radical (unpaired) electrons. The fourth-order valence-electron chi connectivity index (χ4n) is 2.29. The summed E-state index contributed by atoms with van der Waals surface area (Å²) in [5, 5.41) is 17.2. The van der Waals surface area contributed by atoms with E-state index >= 15 is 0 Å². The van der Waals surface area contributed by atoms with E-state index < -0.39 is 11.9 Å². The predicted octanol–water partition coefficient (Wildman–Crippen LogP) is 3.26. The number of halogens is 3. The molecule has 0 bridgehead atoms. The zero-order valence-corrected chi connectivity index (χ0v) is 15.6. The zero-order valence-electron chi connectivity index (χ0n) is 14.1. The van der Waals surface area contributed by atoms with Gasteiger partial charge in [0.15, 0.2) is 5.96 Å². The van der Waals surface area contributed by atoms with Crippen molar-refractivity contribution in [2.45, 2.75) is 19.6 Å². The van der Waals surface area contributed by atoms with Crippen molar-refractivity contribution < 1.29 is 9.50 Å². The lowest BCUT2D eigenvalue weighted by atomic mass is 10.1. The first-order chi connectivity index (χ1) is 11.9. The van der Waals surface area contributed by atoms with Crippen LogP contribution in [0.5, 0.6) is 0 Å². The summed E-state index contributed by atoms with van der Waals surface area (Å²) in [5.41, 5.74) is 1.09. The van der Waals surface area contributed by atoms with Gasteiger partial charge in [-0.15, -0.1) is 0 Å². The molecule has 2 rings (SSSR count). The number of hydrogen-bond donors (Lipinski definition) is 3. The number of benzene rings is 1. The molecule has 0 aliphatic heterocycles. The molecule has 0 saturated heterocycles. The number of nitrogens with one attached hydrogen (secondary N) is 2. The third-order valence-corrected chi connectivity index (χ3v) is 4.53. The van der Waals surface area contributed by atoms with Crippen molar-refractivity contribution in [1.29, 1.82) is 0 Å². The second kappa shape index (κ2) is 9.08. The summed E-state index contributed by atoms with van der Waals surface area (Å²) in [7, 11) is 1.81. The number of aliphatic hydroxyl groups is 1. The minimum atomic E-state index is -0.982. The molecule has 25 heavy (non-hydrogen) atoms. The van der Waals surface area contributed by atoms with Crippen molar-refractivity contribution >= 4 is 29.2 Å². The molecule has 2 aromatic rings. The van der Waals surface area contributed by atoms with Gasteiger partial charge in [0.2, 0.25) is 0 Å². The summed E-state index contributed by atoms with van der Waals surface area (Å²) >= 11 is 12.0. The fraction of sp³-hybridized carbons (Fsp3) is 0.353. The van der Waals surface area contributed by atoms with Gasteiger partial charge in [-0.3, -0.25) is 0 Å². The Kier molecular flexibility index (Phi) is 7.11. The first-order valence-corrected chi connectivity index (χ1v) is 8.63. The van der Waals surface area contributed by atoms with Crippen LogP contribution in [0.15, 0.2) is 35.3 Å². The quantitative estimate of drug-likeness (QED) is 0.527. The maximum atomic E-state index is 13.7. The van der Waals surface area contributed by atoms with Crippen molar-refractivity contribution in [3.63, 3.8) is 0 Å². The lowest BCUT2D eigenvalue weighted by Gasteiger charge is -2.16. The third kappa shape index (κ3) is 5.11. The zero-order chi connectivity index (χ0) is 18.4. The summed E-state index contributed by atoms with van der Waals surface area (Å²) in [6.45, 7) is 3.06. The third-order valence-electron chi connectivity index (χ3n) is 3.69. The molecule has 0 amide bonds. The van der Waals surface area contributed by atoms with Crippen LogP contribution in [-0.2, 0) is 13.6 Å². The predicted molar refractivity (Wildman–Crippen MR) is 99.6 cm³/mol. The van der Waals surface area contributed by atoms with E-state index in [0.717, 1.165) is 5.69 Å². The minimum absolute atomic E-state index is 0.126. The summed E-state index contributed by atoms with van der Waals surface area (Å²) in [6, 6.07) is 7.90. The van der Waals surface area contributed by atoms with Crippen molar-refractivity contribution in [3.05, 3.63) is 57.6 Å². The molecule has 1 heterocycles. The van der Waals surface area contributed by atoms with Crippen LogP contribution in [0.25, 0.3) is 0 Å². The summed E-state index contributed by atoms with van der Waals surface area (Å²) in [5.74, 6) is 0.0677. The van der Waals surface area contributed by atoms with E-state index in [2.05, 4.69) is 15.6 Å². The van der Waals surface area contributed by atoms with Gasteiger partial charge in [-0.25, -0.2) is 9.38 Å². The van der Waals surface area contributed by atoms with Crippen LogP contribution < -0.4 is 10.6 Å². The Hall–Kier alpha value is -1.76. The van der Waals surface area contributed by atoms with Gasteiger partial charge < -0.3 is 20.3 Å². The molecule has 3 N–H and O–H groups in total. The summed E-state index contributed by atoms with van der Waals surface area (Å²) in [6.07, 6.45) is -0.982. The van der Waals surface area contributed by atoms with E-state index in [1.807, 2.05) is 6.92 Å². The number of rotatable bonds is 6. The molecule has 1 aromatic heterocycles. The largest absolute Gasteiger partial charge is 0.386 e. The normalized spacial score (nSPS) is 13.0. The Morgan fingerprint density at radius 3 is 2.64 bits per heavy atom. The number of aliphatic hydroxyl groups excluding tert-OH is 1. The first kappa shape index (κ1) is 19.6. The van der Waals surface area contributed by atoms with E-state index in [1.165, 1.54) is 6.07 Å². The SMILES string of the molecule is CCNC(=NCc1cc(Cl)c(Cl)n1C)NCC(O)c1ccccc1F. The van der Waals surface area contributed by atoms with Crippen LogP contribution in [0.2, 0.25) is 10.2 Å². The number of nitrogens with zero attached hydrogens (tertiary/aromatic N) is 2. The molecule has 0 aliphatic rings. The Morgan fingerprint density at radius 1 is 1.32 bits per heavy atom. The van der Waals surface area contributed by atoms with E-state index in [0.29, 0.717) is 29.2 Å². The van der Waals surface area contributed by atoms with Gasteiger partial charge in [-0.1, -0.05) is 41.4 Å². The molecular weight excluding hydrogens is 366 g/mol. The number of aliphatic imine (C=N–C) groups is 1. The van der Waals surface area contributed by atoms with E-state index in [4.69, 9.17) is 23.2 Å². The van der Waals surface area contributed by atoms with Gasteiger partial charge in [0, 0.05) is 31.4 Å². The highest BCUT2D eigenvalue weighted by Crippen LogP contribution is 2.25. The number of hydrogen-bond acceptors (Lipinski definition) is 2. The first-order valence-electron chi connectivity index (χ1n) is 7.88. The molecular formula is C17H21Cl2FN4O. The maximum Gasteiger partial charge on any atom is 0.191 e. The van der Waals surface area contributed by atoms with Crippen molar-refractivity contribution in [2.75, 3.05) is 13.1 Å². The highest BCUT2D eigenvalue weighted by molar-refractivity contribution is 6.41. The monoisotopic (exact) mass is 386 g/mol. The molecule has 0 aliphatic carbocycles. The van der Waals surface area contributed by atoms with Crippen molar-refractivity contribution in [2.24, 2.45) is 12.0 Å². The average Bonchev–Trinajstić information content (AvgIpc) is 2.84. The van der Waals surface area contributed by atoms with Crippen LogP contribution in [0.4, 0.5) is 4.39 Å². The second-order valence-corrected chi connectivity index (χ2v) is 6.21. The second-order valence-electron chi connectivity index (χ2n) is 5.45.